The fourth-order valence-corrected chi connectivity index (χ4v) is 0.345. The lowest BCUT2D eigenvalue weighted by Crippen LogP contribution is -2.17. The van der Waals surface area contributed by atoms with Crippen molar-refractivity contribution in [3.63, 3.8) is 0 Å². The summed E-state index contributed by atoms with van der Waals surface area (Å²) in [7, 11) is 0. The normalized spacial score (nSPS) is 8.30. The van der Waals surface area contributed by atoms with Gasteiger partial charge in [-0.3, -0.25) is 4.79 Å². The molecule has 0 radical (unpaired) electrons. The van der Waals surface area contributed by atoms with Crippen LogP contribution in [-0.2, 0) is 4.79 Å². The van der Waals surface area contributed by atoms with Gasteiger partial charge in [0.15, 0.2) is 0 Å². The van der Waals surface area contributed by atoms with Crippen LogP contribution in [-0.4, -0.2) is 5.91 Å². The first-order valence-electron chi connectivity index (χ1n) is 2.51. The number of carbonyl (C=O) groups is 1. The minimum atomic E-state index is -2.02. The van der Waals surface area contributed by atoms with Gasteiger partial charge in [0.05, 0.1) is 6.08 Å². The molecule has 0 heterocycles. The Morgan fingerprint density at radius 2 is 2.10 bits per heavy atom. The molecule has 10 heavy (non-hydrogen) atoms. The van der Waals surface area contributed by atoms with Crippen molar-refractivity contribution in [2.75, 3.05) is 0 Å². The Kier molecular flexibility index (Phi) is 3.32. The molecule has 0 fully saturated rings. The Morgan fingerprint density at radius 3 is 2.40 bits per heavy atom. The number of nitrogens with one attached hydrogen (secondary N) is 1. The summed E-state index contributed by atoms with van der Waals surface area (Å²) < 4.78 is 22.6. The van der Waals surface area contributed by atoms with Gasteiger partial charge >= 0.3 is 0 Å². The highest BCUT2D eigenvalue weighted by Gasteiger charge is 1.97. The number of halogens is 2. The minimum Gasteiger partial charge on any atom is -0.327 e. The fourth-order valence-electron chi connectivity index (χ4n) is 0.345. The SMILES string of the molecule is C=C(C)NC(=O)C=C(F)F. The monoisotopic (exact) mass is 147 g/mol. The van der Waals surface area contributed by atoms with Gasteiger partial charge in [0.2, 0.25) is 0 Å². The lowest BCUT2D eigenvalue weighted by molar-refractivity contribution is -0.116. The van der Waals surface area contributed by atoms with Crippen molar-refractivity contribution in [3.05, 3.63) is 24.4 Å². The first kappa shape index (κ1) is 8.81. The van der Waals surface area contributed by atoms with Crippen LogP contribution in [0.2, 0.25) is 0 Å². The molecule has 4 heteroatoms. The topological polar surface area (TPSA) is 29.1 Å². The first-order chi connectivity index (χ1) is 4.52. The maximum absolute atomic E-state index is 11.3. The quantitative estimate of drug-likeness (QED) is 0.588. The van der Waals surface area contributed by atoms with E-state index in [4.69, 9.17) is 0 Å². The summed E-state index contributed by atoms with van der Waals surface area (Å²) in [6.07, 6.45) is -1.81. The van der Waals surface area contributed by atoms with Crippen LogP contribution in [0.25, 0.3) is 0 Å². The molecule has 0 aliphatic heterocycles. The molecule has 2 nitrogen and oxygen atoms in total. The second-order valence-corrected chi connectivity index (χ2v) is 1.70. The molecule has 0 rings (SSSR count). The summed E-state index contributed by atoms with van der Waals surface area (Å²) in [6, 6.07) is 0. The molecule has 0 bridgehead atoms. The van der Waals surface area contributed by atoms with E-state index in [-0.39, 0.29) is 6.08 Å². The van der Waals surface area contributed by atoms with Crippen LogP contribution in [0.5, 0.6) is 0 Å². The average Bonchev–Trinajstić information content (AvgIpc) is 1.58. The van der Waals surface area contributed by atoms with Gasteiger partial charge < -0.3 is 5.32 Å². The number of carbonyl (C=O) groups excluding carboxylic acids is 1. The van der Waals surface area contributed by atoms with E-state index < -0.39 is 12.0 Å². The van der Waals surface area contributed by atoms with Gasteiger partial charge in [-0.05, 0) is 6.92 Å². The lowest BCUT2D eigenvalue weighted by atomic mass is 10.5. The molecule has 1 N–H and O–H groups in total. The maximum atomic E-state index is 11.3. The Morgan fingerprint density at radius 1 is 1.60 bits per heavy atom. The van der Waals surface area contributed by atoms with E-state index in [9.17, 15) is 13.6 Å². The second kappa shape index (κ2) is 3.76. The van der Waals surface area contributed by atoms with Crippen LogP contribution in [0.4, 0.5) is 8.78 Å². The van der Waals surface area contributed by atoms with Crippen molar-refractivity contribution in [2.24, 2.45) is 0 Å². The highest BCUT2D eigenvalue weighted by Crippen LogP contribution is 1.95. The molecule has 0 spiro atoms. The van der Waals surface area contributed by atoms with Crippen LogP contribution in [0.15, 0.2) is 24.4 Å². The summed E-state index contributed by atoms with van der Waals surface area (Å²) in [5, 5.41) is 2.08. The third-order valence-electron chi connectivity index (χ3n) is 0.577. The molecule has 56 valence electrons. The number of rotatable bonds is 2. The number of hydrogen-bond donors (Lipinski definition) is 1. The van der Waals surface area contributed by atoms with Crippen molar-refractivity contribution in [1.29, 1.82) is 0 Å². The van der Waals surface area contributed by atoms with Gasteiger partial charge in [0.1, 0.15) is 0 Å². The van der Waals surface area contributed by atoms with Crippen molar-refractivity contribution < 1.29 is 13.6 Å². The van der Waals surface area contributed by atoms with E-state index in [1.807, 2.05) is 0 Å². The standard InChI is InChI=1S/C6H7F2NO/c1-4(2)9-6(10)3-5(7)8/h3H,1H2,2H3,(H,9,10). The molecule has 0 atom stereocenters. The number of allylic oxidation sites excluding steroid dienone is 1. The molecule has 0 saturated carbocycles. The van der Waals surface area contributed by atoms with Crippen LogP contribution < -0.4 is 5.32 Å². The summed E-state index contributed by atoms with van der Waals surface area (Å²) in [5.41, 5.74) is 0.336. The van der Waals surface area contributed by atoms with Crippen LogP contribution in [0.1, 0.15) is 6.92 Å². The lowest BCUT2D eigenvalue weighted by Gasteiger charge is -1.96. The Balaban J connectivity index is 3.88. The Labute approximate surface area is 57.2 Å². The number of amides is 1. The third kappa shape index (κ3) is 4.96. The van der Waals surface area contributed by atoms with Crippen LogP contribution in [0.3, 0.4) is 0 Å². The molecule has 0 aromatic rings. The molecule has 1 amide bonds. The highest BCUT2D eigenvalue weighted by atomic mass is 19.3. The molecular formula is C6H7F2NO. The van der Waals surface area contributed by atoms with Crippen LogP contribution >= 0.6 is 0 Å². The zero-order valence-corrected chi connectivity index (χ0v) is 5.45. The molecule has 0 aliphatic rings. The molecular weight excluding hydrogens is 140 g/mol. The van der Waals surface area contributed by atoms with Crippen molar-refractivity contribution in [1.82, 2.24) is 5.32 Å². The van der Waals surface area contributed by atoms with Crippen LogP contribution in [0, 0.1) is 0 Å². The molecule has 0 saturated heterocycles. The fraction of sp³-hybridized carbons (Fsp3) is 0.167. The van der Waals surface area contributed by atoms with E-state index in [0.29, 0.717) is 5.70 Å². The number of hydrogen-bond acceptors (Lipinski definition) is 1. The third-order valence-corrected chi connectivity index (χ3v) is 0.577. The van der Waals surface area contributed by atoms with Gasteiger partial charge in [-0.1, -0.05) is 6.58 Å². The Hall–Kier alpha value is -1.19. The first-order valence-corrected chi connectivity index (χ1v) is 2.51. The minimum absolute atomic E-state index is 0.203. The second-order valence-electron chi connectivity index (χ2n) is 1.70. The predicted octanol–water partition coefficient (Wildman–Crippen LogP) is 1.42. The van der Waals surface area contributed by atoms with Gasteiger partial charge in [-0.2, -0.15) is 8.78 Å². The van der Waals surface area contributed by atoms with Gasteiger partial charge in [-0.15, -0.1) is 0 Å². The smallest absolute Gasteiger partial charge is 0.275 e. The zero-order chi connectivity index (χ0) is 8.15. The largest absolute Gasteiger partial charge is 0.327 e. The highest BCUT2D eigenvalue weighted by molar-refractivity contribution is 5.88. The van der Waals surface area contributed by atoms with E-state index in [2.05, 4.69) is 11.9 Å². The summed E-state index contributed by atoms with van der Waals surface area (Å²) in [5.74, 6) is -0.854. The maximum Gasteiger partial charge on any atom is 0.275 e. The summed E-state index contributed by atoms with van der Waals surface area (Å²) >= 11 is 0. The van der Waals surface area contributed by atoms with E-state index >= 15 is 0 Å². The van der Waals surface area contributed by atoms with Gasteiger partial charge in [0, 0.05) is 5.70 Å². The van der Waals surface area contributed by atoms with Gasteiger partial charge in [-0.25, -0.2) is 0 Å². The predicted molar refractivity (Wildman–Crippen MR) is 33.3 cm³/mol. The molecule has 0 aromatic heterocycles. The summed E-state index contributed by atoms with van der Waals surface area (Å²) in [6.45, 7) is 4.80. The zero-order valence-electron chi connectivity index (χ0n) is 5.45. The van der Waals surface area contributed by atoms with E-state index in [0.717, 1.165) is 0 Å². The van der Waals surface area contributed by atoms with E-state index in [1.165, 1.54) is 6.92 Å². The Bertz CT molecular complexity index is 182. The van der Waals surface area contributed by atoms with Crippen molar-refractivity contribution >= 4 is 5.91 Å². The van der Waals surface area contributed by atoms with Gasteiger partial charge in [0.25, 0.3) is 12.0 Å². The molecule has 0 unspecified atom stereocenters. The van der Waals surface area contributed by atoms with E-state index in [1.54, 1.807) is 0 Å². The van der Waals surface area contributed by atoms with Crippen molar-refractivity contribution in [3.8, 4) is 0 Å². The summed E-state index contributed by atoms with van der Waals surface area (Å²) in [4.78, 5) is 10.3. The average molecular weight is 147 g/mol. The van der Waals surface area contributed by atoms with Crippen molar-refractivity contribution in [2.45, 2.75) is 6.92 Å². The molecule has 0 aromatic carbocycles. The molecule has 0 aliphatic carbocycles.